The molecule has 0 radical (unpaired) electrons. The van der Waals surface area contributed by atoms with Gasteiger partial charge in [-0.1, -0.05) is 30.8 Å². The van der Waals surface area contributed by atoms with E-state index in [9.17, 15) is 9.59 Å². The molecule has 3 heterocycles. The largest absolute Gasteiger partial charge is 0.489 e. The highest BCUT2D eigenvalue weighted by Crippen LogP contribution is 2.36. The van der Waals surface area contributed by atoms with Gasteiger partial charge < -0.3 is 15.0 Å². The molecule has 2 aromatic rings. The molecular weight excluding hydrogens is 414 g/mol. The molecule has 1 saturated carbocycles. The average Bonchev–Trinajstić information content (AvgIpc) is 3.51. The van der Waals surface area contributed by atoms with Crippen molar-refractivity contribution in [2.45, 2.75) is 69.9 Å². The minimum Gasteiger partial charge on any atom is -0.489 e. The molecule has 3 unspecified atom stereocenters. The first-order valence-electron chi connectivity index (χ1n) is 12.0. The molecule has 0 bridgehead atoms. The highest BCUT2D eigenvalue weighted by atomic mass is 16.5. The van der Waals surface area contributed by atoms with Gasteiger partial charge in [0.15, 0.2) is 0 Å². The fraction of sp³-hybridized carbons (Fsp3) is 0.407. The quantitative estimate of drug-likeness (QED) is 0.782. The predicted molar refractivity (Wildman–Crippen MR) is 124 cm³/mol. The van der Waals surface area contributed by atoms with E-state index in [-0.39, 0.29) is 17.9 Å². The molecule has 1 saturated heterocycles. The van der Waals surface area contributed by atoms with E-state index in [1.165, 1.54) is 17.5 Å². The van der Waals surface area contributed by atoms with E-state index in [2.05, 4.69) is 41.1 Å². The van der Waals surface area contributed by atoms with Gasteiger partial charge in [0.05, 0.1) is 0 Å². The third kappa shape index (κ3) is 3.62. The van der Waals surface area contributed by atoms with Crippen LogP contribution in [0.1, 0.15) is 59.2 Å². The standard InChI is InChI=1S/C27H29N3O3/c1-17-9-12-24(26(31)28-17)30-16-20-13-21(10-11-22(20)27(30)32)33-25-8-4-7-23(25)29-14-18-5-2-3-6-19(18)15-29/h2-3,5-6,10-11,13,23-25H,1,4,7-9,12,14-16H2,(H,28,31). The summed E-state index contributed by atoms with van der Waals surface area (Å²) in [6.07, 6.45) is 4.84. The van der Waals surface area contributed by atoms with Gasteiger partial charge in [-0.15, -0.1) is 0 Å². The monoisotopic (exact) mass is 443 g/mol. The van der Waals surface area contributed by atoms with Crippen LogP contribution in [-0.2, 0) is 24.4 Å². The van der Waals surface area contributed by atoms with Crippen LogP contribution in [0, 0.1) is 0 Å². The Kier molecular flexibility index (Phi) is 4.98. The maximum absolute atomic E-state index is 13.0. The Hall–Kier alpha value is -3.12. The molecule has 1 N–H and O–H groups in total. The second-order valence-corrected chi connectivity index (χ2v) is 9.73. The molecule has 3 aliphatic heterocycles. The number of allylic oxidation sites excluding steroid dienone is 1. The highest BCUT2D eigenvalue weighted by Gasteiger charge is 2.39. The molecule has 2 aromatic carbocycles. The van der Waals surface area contributed by atoms with Crippen molar-refractivity contribution in [3.8, 4) is 5.75 Å². The molecule has 6 heteroatoms. The Balaban J connectivity index is 1.16. The van der Waals surface area contributed by atoms with E-state index in [1.807, 2.05) is 18.2 Å². The van der Waals surface area contributed by atoms with E-state index in [1.54, 1.807) is 4.90 Å². The van der Waals surface area contributed by atoms with Gasteiger partial charge in [-0.3, -0.25) is 14.5 Å². The van der Waals surface area contributed by atoms with Gasteiger partial charge in [-0.25, -0.2) is 0 Å². The molecule has 1 aliphatic carbocycles. The van der Waals surface area contributed by atoms with E-state index in [0.29, 0.717) is 31.0 Å². The van der Waals surface area contributed by atoms with Crippen LogP contribution < -0.4 is 10.1 Å². The Morgan fingerprint density at radius 1 is 0.939 bits per heavy atom. The Bertz CT molecular complexity index is 1120. The number of fused-ring (bicyclic) bond motifs is 2. The number of ether oxygens (including phenoxy) is 1. The lowest BCUT2D eigenvalue weighted by Gasteiger charge is -2.30. The first kappa shape index (κ1) is 20.5. The summed E-state index contributed by atoms with van der Waals surface area (Å²) in [5.41, 5.74) is 5.20. The summed E-state index contributed by atoms with van der Waals surface area (Å²) < 4.78 is 6.51. The number of hydrogen-bond acceptors (Lipinski definition) is 4. The maximum Gasteiger partial charge on any atom is 0.255 e. The highest BCUT2D eigenvalue weighted by molar-refractivity contribution is 6.01. The van der Waals surface area contributed by atoms with Crippen LogP contribution in [-0.4, -0.2) is 39.8 Å². The van der Waals surface area contributed by atoms with Gasteiger partial charge in [0.2, 0.25) is 5.91 Å². The SMILES string of the molecule is C=C1CCC(N2Cc3cc(OC4CCCC4N4Cc5ccccc5C4)ccc3C2=O)C(=O)N1. The minimum atomic E-state index is -0.434. The molecular formula is C27H29N3O3. The van der Waals surface area contributed by atoms with Gasteiger partial charge in [0, 0.05) is 36.9 Å². The van der Waals surface area contributed by atoms with Gasteiger partial charge in [-0.2, -0.15) is 0 Å². The van der Waals surface area contributed by atoms with Crippen LogP contribution >= 0.6 is 0 Å². The molecule has 3 atom stereocenters. The number of amides is 2. The van der Waals surface area contributed by atoms with Crippen molar-refractivity contribution in [1.82, 2.24) is 15.1 Å². The van der Waals surface area contributed by atoms with E-state index in [4.69, 9.17) is 4.74 Å². The fourth-order valence-electron chi connectivity index (χ4n) is 5.93. The Labute approximate surface area is 194 Å². The fourth-order valence-corrected chi connectivity index (χ4v) is 5.93. The summed E-state index contributed by atoms with van der Waals surface area (Å²) >= 11 is 0. The molecule has 2 fully saturated rings. The van der Waals surface area contributed by atoms with Crippen molar-refractivity contribution in [1.29, 1.82) is 0 Å². The molecule has 6 rings (SSSR count). The average molecular weight is 444 g/mol. The van der Waals surface area contributed by atoms with E-state index in [0.717, 1.165) is 42.9 Å². The van der Waals surface area contributed by atoms with Crippen LogP contribution in [0.5, 0.6) is 5.75 Å². The second-order valence-electron chi connectivity index (χ2n) is 9.73. The van der Waals surface area contributed by atoms with E-state index < -0.39 is 6.04 Å². The van der Waals surface area contributed by atoms with Crippen molar-refractivity contribution in [2.24, 2.45) is 0 Å². The van der Waals surface area contributed by atoms with Crippen LogP contribution in [0.3, 0.4) is 0 Å². The summed E-state index contributed by atoms with van der Waals surface area (Å²) in [5, 5.41) is 2.79. The minimum absolute atomic E-state index is 0.0715. The number of carbonyl (C=O) groups is 2. The van der Waals surface area contributed by atoms with Crippen molar-refractivity contribution in [2.75, 3.05) is 0 Å². The number of nitrogens with one attached hydrogen (secondary N) is 1. The summed E-state index contributed by atoms with van der Waals surface area (Å²) in [4.78, 5) is 29.7. The number of carbonyl (C=O) groups excluding carboxylic acids is 2. The maximum atomic E-state index is 13.0. The van der Waals surface area contributed by atoms with Gasteiger partial charge >= 0.3 is 0 Å². The number of benzene rings is 2. The van der Waals surface area contributed by atoms with E-state index >= 15 is 0 Å². The lowest BCUT2D eigenvalue weighted by atomic mass is 10.0. The molecule has 33 heavy (non-hydrogen) atoms. The van der Waals surface area contributed by atoms with Gasteiger partial charge in [0.1, 0.15) is 17.9 Å². The zero-order valence-corrected chi connectivity index (χ0v) is 18.8. The zero-order chi connectivity index (χ0) is 22.5. The van der Waals surface area contributed by atoms with Crippen LogP contribution in [0.2, 0.25) is 0 Å². The first-order chi connectivity index (χ1) is 16.1. The lowest BCUT2D eigenvalue weighted by Crippen LogP contribution is -2.49. The lowest BCUT2D eigenvalue weighted by molar-refractivity contribution is -0.126. The topological polar surface area (TPSA) is 61.9 Å². The van der Waals surface area contributed by atoms with Crippen molar-refractivity contribution in [3.05, 3.63) is 77.0 Å². The van der Waals surface area contributed by atoms with Gasteiger partial charge in [-0.05, 0) is 67.0 Å². The van der Waals surface area contributed by atoms with Crippen molar-refractivity contribution >= 4 is 11.8 Å². The summed E-state index contributed by atoms with van der Waals surface area (Å²) in [6.45, 7) is 6.27. The van der Waals surface area contributed by atoms with Crippen molar-refractivity contribution < 1.29 is 14.3 Å². The third-order valence-electron chi connectivity index (χ3n) is 7.65. The first-order valence-corrected chi connectivity index (χ1v) is 12.0. The Morgan fingerprint density at radius 3 is 2.48 bits per heavy atom. The molecule has 0 spiro atoms. The second kappa shape index (κ2) is 8.03. The van der Waals surface area contributed by atoms with Crippen LogP contribution in [0.25, 0.3) is 0 Å². The van der Waals surface area contributed by atoms with Crippen LogP contribution in [0.4, 0.5) is 0 Å². The number of hydrogen-bond donors (Lipinski definition) is 1. The third-order valence-corrected chi connectivity index (χ3v) is 7.65. The molecule has 0 aromatic heterocycles. The number of nitrogens with zero attached hydrogens (tertiary/aromatic N) is 2. The molecule has 170 valence electrons. The summed E-state index contributed by atoms with van der Waals surface area (Å²) in [5.74, 6) is 0.612. The molecule has 2 amide bonds. The smallest absolute Gasteiger partial charge is 0.255 e. The Morgan fingerprint density at radius 2 is 1.73 bits per heavy atom. The predicted octanol–water partition coefficient (Wildman–Crippen LogP) is 3.75. The van der Waals surface area contributed by atoms with Crippen LogP contribution in [0.15, 0.2) is 54.7 Å². The summed E-state index contributed by atoms with van der Waals surface area (Å²) in [6, 6.07) is 14.4. The number of piperidine rings is 1. The molecule has 6 nitrogen and oxygen atoms in total. The van der Waals surface area contributed by atoms with Crippen molar-refractivity contribution in [3.63, 3.8) is 0 Å². The molecule has 4 aliphatic rings. The zero-order valence-electron chi connectivity index (χ0n) is 18.8. The normalized spacial score (nSPS) is 27.0. The summed E-state index contributed by atoms with van der Waals surface area (Å²) in [7, 11) is 0. The number of rotatable bonds is 4. The van der Waals surface area contributed by atoms with Gasteiger partial charge in [0.25, 0.3) is 5.91 Å².